The van der Waals surface area contributed by atoms with E-state index in [4.69, 9.17) is 30.4 Å². The Morgan fingerprint density at radius 2 is 0.977 bits per heavy atom. The highest BCUT2D eigenvalue weighted by Gasteiger charge is 2.61. The summed E-state index contributed by atoms with van der Waals surface area (Å²) in [6.07, 6.45) is 46.2. The second-order valence-electron chi connectivity index (χ2n) is 29.7. The molecule has 1 saturated heterocycles. The molecule has 87 heavy (non-hydrogen) atoms. The van der Waals surface area contributed by atoms with Crippen LogP contribution in [0.5, 0.6) is 0 Å². The molecule has 3 aromatic heterocycles. The molecule has 10 aliphatic rings. The monoisotopic (exact) mass is 1180 g/mol. The second-order valence-corrected chi connectivity index (χ2v) is 29.7. The molecule has 7 fully saturated rings. The molecule has 3 aromatic rings. The summed E-state index contributed by atoms with van der Waals surface area (Å²) in [6.45, 7) is 22.3. The summed E-state index contributed by atoms with van der Waals surface area (Å²) in [4.78, 5) is 60.8. The number of nitrogens with one attached hydrogen (secondary N) is 1. The minimum Gasteiger partial charge on any atom is -0.356 e. The number of fused-ring (bicyclic) bond motifs is 11. The molecule has 0 bridgehead atoms. The number of aromatic nitrogens is 3. The Kier molecular flexibility index (Phi) is 21.1. The highest BCUT2D eigenvalue weighted by Crippen LogP contribution is 2.69. The third-order valence-corrected chi connectivity index (χ3v) is 26.5. The predicted octanol–water partition coefficient (Wildman–Crippen LogP) is 16.4. The first kappa shape index (κ1) is 65.6. The normalized spacial score (nSPS) is 39.0. The number of hydrogen-bond donors (Lipinski definition) is 2. The largest absolute Gasteiger partial charge is 0.373 e. The molecule has 0 unspecified atom stereocenters. The van der Waals surface area contributed by atoms with Crippen LogP contribution in [-0.2, 0) is 24.0 Å². The summed E-state index contributed by atoms with van der Waals surface area (Å²) < 4.78 is 0. The molecule has 4 heterocycles. The second kappa shape index (κ2) is 27.9. The van der Waals surface area contributed by atoms with Gasteiger partial charge in [0.05, 0.1) is 0 Å². The van der Waals surface area contributed by atoms with Crippen LogP contribution in [0.2, 0.25) is 0 Å². The Morgan fingerprint density at radius 3 is 1.38 bits per heavy atom. The molecule has 1 aliphatic heterocycles. The van der Waals surface area contributed by atoms with Crippen molar-refractivity contribution in [3.05, 3.63) is 119 Å². The van der Waals surface area contributed by atoms with Crippen molar-refractivity contribution in [2.45, 2.75) is 190 Å². The van der Waals surface area contributed by atoms with Gasteiger partial charge in [-0.2, -0.15) is 19.2 Å². The standard InChI is InChI=1S/C24H34N4.C24H32N2O.C24H36N2.2CO2/c1-4-12-23(2)18(16-27-28-25)7-8-19-21-10-9-20(17-6-5-14-26-15-17)24(21,3)13-11-22(19)23;1-23-12-10-22(27)26-15-17(23)5-6-18-20-8-7-19(16-4-3-13-25-14-16)24(20,2)11-9-21(18)23;1-4-12-23(2)18(15-25)7-8-19-21-10-9-20(17-6-5-14-26-16-17)24(21,3)13-11-22(19)23;2*2-1-3/h5-6,9,14-15,18-19,21-22H,4,7-8,10-13,16H2,1-3H3;3-4,7,13-14,17-18,20-21H,5-6,8-12,15H2,1-2H3,(H,26,27);5-6,9,14,16,18-19,21-22H,4,7-8,10-13,15,25H2,1-3H3;;/t18-,19-,21-,22-,23-,24+;17-,18-,20-,21-,23-,24+;18-,19-,21-,22-,23-,24+;;/m000../s1. The SMILES string of the molecule is CCC[C@@]1(C)[C@H](CN)CC[C@@H]2[C@@H]1CC[C@]1(C)C(c3cccnc3)=CC[C@@H]21.CCC[C@@]1(C)[C@H](CN=[N+]=[N-])CC[C@@H]2[C@@H]1CC[C@]1(C)C(c3cccnc3)=CC[C@@H]21.C[C@]12CCC(=O)NC[C@@H]1CC[C@@H]1[C@@H]2CC[C@]2(C)C(c3cccnc3)=CC[C@@H]12.O=C=O.O=C=O. The van der Waals surface area contributed by atoms with E-state index in [9.17, 15) is 4.79 Å². The fourth-order valence-electron chi connectivity index (χ4n) is 22.3. The molecule has 13 rings (SSSR count). The molecule has 18 atom stereocenters. The van der Waals surface area contributed by atoms with Gasteiger partial charge in [-0.15, -0.1) is 0 Å². The van der Waals surface area contributed by atoms with Gasteiger partial charge in [-0.05, 0) is 283 Å². The quantitative estimate of drug-likeness (QED) is 0.112. The number of azide groups is 1. The minimum atomic E-state index is 0.250. The van der Waals surface area contributed by atoms with Gasteiger partial charge >= 0.3 is 12.3 Å². The molecule has 0 radical (unpaired) electrons. The van der Waals surface area contributed by atoms with Crippen molar-refractivity contribution >= 4 is 34.9 Å². The van der Waals surface area contributed by atoms with E-state index in [0.717, 1.165) is 85.1 Å². The molecule has 9 aliphatic carbocycles. The minimum absolute atomic E-state index is 0.250. The zero-order valence-electron chi connectivity index (χ0n) is 53.9. The van der Waals surface area contributed by atoms with E-state index in [1.54, 1.807) is 11.1 Å². The first-order valence-corrected chi connectivity index (χ1v) is 33.7. The number of amides is 1. The van der Waals surface area contributed by atoms with Crippen molar-refractivity contribution in [1.82, 2.24) is 20.3 Å². The van der Waals surface area contributed by atoms with Crippen LogP contribution in [0, 0.1) is 104 Å². The van der Waals surface area contributed by atoms with Crippen LogP contribution in [-0.4, -0.2) is 52.8 Å². The van der Waals surface area contributed by atoms with Crippen LogP contribution in [0.3, 0.4) is 0 Å². The third-order valence-electron chi connectivity index (χ3n) is 26.5. The lowest BCUT2D eigenvalue weighted by atomic mass is 9.46. The Morgan fingerprint density at radius 1 is 0.575 bits per heavy atom. The van der Waals surface area contributed by atoms with Crippen molar-refractivity contribution in [2.75, 3.05) is 19.6 Å². The maximum absolute atomic E-state index is 12.0. The number of carbonyl (C=O) groups excluding carboxylic acids is 5. The number of nitrogens with zero attached hydrogens (tertiary/aromatic N) is 6. The smallest absolute Gasteiger partial charge is 0.356 e. The number of carbonyl (C=O) groups is 1. The molecule has 468 valence electrons. The molecule has 13 heteroatoms. The first-order valence-electron chi connectivity index (χ1n) is 33.7. The highest BCUT2D eigenvalue weighted by atomic mass is 16.2. The lowest BCUT2D eigenvalue weighted by Gasteiger charge is -2.59. The Bertz CT molecular complexity index is 3030. The lowest BCUT2D eigenvalue weighted by Crippen LogP contribution is -2.52. The topological polar surface area (TPSA) is 211 Å². The molecule has 6 saturated carbocycles. The van der Waals surface area contributed by atoms with Crippen LogP contribution < -0.4 is 11.1 Å². The molecule has 0 spiro atoms. The van der Waals surface area contributed by atoms with Crippen molar-refractivity contribution in [2.24, 2.45) is 114 Å². The van der Waals surface area contributed by atoms with E-state index >= 15 is 0 Å². The summed E-state index contributed by atoms with van der Waals surface area (Å²) in [7, 11) is 0. The maximum Gasteiger partial charge on any atom is 0.373 e. The fourth-order valence-corrected chi connectivity index (χ4v) is 22.3. The Hall–Kier alpha value is -5.83. The summed E-state index contributed by atoms with van der Waals surface area (Å²) in [5.74, 6) is 9.41. The highest BCUT2D eigenvalue weighted by molar-refractivity contribution is 5.76. The van der Waals surface area contributed by atoms with E-state index in [1.165, 1.54) is 144 Å². The van der Waals surface area contributed by atoms with E-state index in [0.29, 0.717) is 45.5 Å². The number of nitrogens with two attached hydrogens (primary N) is 1. The average molecular weight is 1180 g/mol. The van der Waals surface area contributed by atoms with Gasteiger partial charge in [-0.3, -0.25) is 19.7 Å². The van der Waals surface area contributed by atoms with Crippen molar-refractivity contribution < 1.29 is 24.0 Å². The van der Waals surface area contributed by atoms with E-state index in [2.05, 4.69) is 147 Å². The molecule has 13 nitrogen and oxygen atoms in total. The number of hydrogen-bond acceptors (Lipinski definition) is 10. The number of rotatable bonds is 10. The van der Waals surface area contributed by atoms with Crippen molar-refractivity contribution in [3.63, 3.8) is 0 Å². The summed E-state index contributed by atoms with van der Waals surface area (Å²) in [6, 6.07) is 12.9. The zero-order valence-corrected chi connectivity index (χ0v) is 53.9. The first-order chi connectivity index (χ1) is 41.9. The molecule has 0 aromatic carbocycles. The molecule has 3 N–H and O–H groups in total. The molecule has 1 amide bonds. The number of allylic oxidation sites excluding steroid dienone is 6. The van der Waals surface area contributed by atoms with E-state index in [-0.39, 0.29) is 23.6 Å². The van der Waals surface area contributed by atoms with Gasteiger partial charge in [-0.1, -0.05) is 110 Å². The average Bonchev–Trinajstić information content (AvgIpc) is 1.72. The Balaban J connectivity index is 0.000000149. The van der Waals surface area contributed by atoms with E-state index in [1.807, 2.05) is 31.0 Å². The van der Waals surface area contributed by atoms with E-state index < -0.39 is 0 Å². The third kappa shape index (κ3) is 12.3. The lowest BCUT2D eigenvalue weighted by molar-refractivity contribution is -0.193. The molecular weight excluding hydrogens is 1080 g/mol. The fraction of sp³-hybridized carbons (Fsp3) is 0.676. The zero-order chi connectivity index (χ0) is 62.2. The van der Waals surface area contributed by atoms with Crippen molar-refractivity contribution in [3.8, 4) is 0 Å². The van der Waals surface area contributed by atoms with Crippen LogP contribution >= 0.6 is 0 Å². The Labute approximate surface area is 519 Å². The summed E-state index contributed by atoms with van der Waals surface area (Å²) in [5, 5.41) is 7.20. The van der Waals surface area contributed by atoms with Gasteiger partial charge < -0.3 is 11.1 Å². The predicted molar refractivity (Wildman–Crippen MR) is 342 cm³/mol. The summed E-state index contributed by atoms with van der Waals surface area (Å²) in [5.41, 5.74) is 25.8. The van der Waals surface area contributed by atoms with Gasteiger partial charge in [0.2, 0.25) is 5.91 Å². The van der Waals surface area contributed by atoms with Gasteiger partial charge in [0.15, 0.2) is 0 Å². The maximum atomic E-state index is 12.0. The summed E-state index contributed by atoms with van der Waals surface area (Å²) >= 11 is 0. The van der Waals surface area contributed by atoms with Gasteiger partial charge in [0, 0.05) is 61.6 Å². The van der Waals surface area contributed by atoms with Crippen molar-refractivity contribution in [1.29, 1.82) is 0 Å². The van der Waals surface area contributed by atoms with Crippen LogP contribution in [0.1, 0.15) is 207 Å². The van der Waals surface area contributed by atoms with Crippen LogP contribution in [0.4, 0.5) is 0 Å². The number of pyridine rings is 3. The van der Waals surface area contributed by atoms with Gasteiger partial charge in [0.1, 0.15) is 0 Å². The van der Waals surface area contributed by atoms with Crippen LogP contribution in [0.25, 0.3) is 27.2 Å². The molecular formula is C74H102N8O5. The van der Waals surface area contributed by atoms with Gasteiger partial charge in [-0.25, -0.2) is 0 Å². The van der Waals surface area contributed by atoms with Crippen LogP contribution in [0.15, 0.2) is 96.9 Å². The van der Waals surface area contributed by atoms with Gasteiger partial charge in [0.25, 0.3) is 0 Å².